The van der Waals surface area contributed by atoms with Crippen molar-refractivity contribution in [1.82, 2.24) is 9.97 Å². The summed E-state index contributed by atoms with van der Waals surface area (Å²) >= 11 is 0. The molecule has 0 unspecified atom stereocenters. The van der Waals surface area contributed by atoms with Gasteiger partial charge in [-0.1, -0.05) is 17.7 Å². The van der Waals surface area contributed by atoms with E-state index in [2.05, 4.69) is 27.4 Å². The summed E-state index contributed by atoms with van der Waals surface area (Å²) in [6, 6.07) is 4.15. The van der Waals surface area contributed by atoms with Crippen LogP contribution < -0.4 is 5.32 Å². The summed E-state index contributed by atoms with van der Waals surface area (Å²) in [4.78, 5) is 19.2. The number of nitrogens with one attached hydrogen (secondary N) is 1. The minimum atomic E-state index is -1.02. The minimum Gasteiger partial charge on any atom is -0.478 e. The van der Waals surface area contributed by atoms with Crippen molar-refractivity contribution >= 4 is 17.6 Å². The fourth-order valence-electron chi connectivity index (χ4n) is 2.23. The van der Waals surface area contributed by atoms with Crippen molar-refractivity contribution in [3.8, 4) is 0 Å². The number of carboxylic acid groups (broad SMARTS) is 1. The summed E-state index contributed by atoms with van der Waals surface area (Å²) < 4.78 is 0. The van der Waals surface area contributed by atoms with Gasteiger partial charge in [-0.2, -0.15) is 0 Å². The molecule has 0 saturated heterocycles. The Morgan fingerprint density at radius 2 is 1.75 bits per heavy atom. The molecule has 0 saturated carbocycles. The van der Waals surface area contributed by atoms with Gasteiger partial charge < -0.3 is 10.4 Å². The molecule has 0 aliphatic carbocycles. The molecule has 0 aliphatic rings. The molecule has 0 amide bonds. The first-order valence-electron chi connectivity index (χ1n) is 6.30. The van der Waals surface area contributed by atoms with Gasteiger partial charge in [0.05, 0.1) is 11.3 Å². The summed E-state index contributed by atoms with van der Waals surface area (Å²) in [5, 5.41) is 12.1. The molecular weight excluding hydrogens is 254 g/mol. The van der Waals surface area contributed by atoms with Gasteiger partial charge in [0, 0.05) is 11.9 Å². The average Bonchev–Trinajstić information content (AvgIpc) is 2.33. The molecule has 1 aromatic carbocycles. The van der Waals surface area contributed by atoms with E-state index in [1.807, 2.05) is 20.8 Å². The summed E-state index contributed by atoms with van der Waals surface area (Å²) in [5.41, 5.74) is 4.92. The number of rotatable bonds is 3. The van der Waals surface area contributed by atoms with Crippen LogP contribution in [0.2, 0.25) is 0 Å². The molecule has 0 bridgehead atoms. The first-order chi connectivity index (χ1) is 9.38. The number of anilines is 2. The van der Waals surface area contributed by atoms with E-state index in [9.17, 15) is 4.79 Å². The number of aromatic carboxylic acids is 1. The predicted molar refractivity (Wildman–Crippen MR) is 77.7 cm³/mol. The van der Waals surface area contributed by atoms with Crippen LogP contribution in [-0.2, 0) is 0 Å². The molecule has 0 aliphatic heterocycles. The Kier molecular flexibility index (Phi) is 3.70. The zero-order valence-electron chi connectivity index (χ0n) is 12.0. The Bertz CT molecular complexity index is 658. The van der Waals surface area contributed by atoms with Crippen molar-refractivity contribution in [3.63, 3.8) is 0 Å². The van der Waals surface area contributed by atoms with Gasteiger partial charge in [-0.3, -0.25) is 0 Å². The van der Waals surface area contributed by atoms with Crippen molar-refractivity contribution in [1.29, 1.82) is 0 Å². The van der Waals surface area contributed by atoms with Gasteiger partial charge in [0.25, 0.3) is 0 Å². The quantitative estimate of drug-likeness (QED) is 0.896. The monoisotopic (exact) mass is 271 g/mol. The Labute approximate surface area is 117 Å². The number of carboxylic acids is 1. The Morgan fingerprint density at radius 1 is 1.15 bits per heavy atom. The third-order valence-electron chi connectivity index (χ3n) is 3.12. The largest absolute Gasteiger partial charge is 0.478 e. The SMILES string of the molecule is Cc1cc(C)c(Nc2ncc(C(=O)O)c(C)n2)c(C)c1. The highest BCUT2D eigenvalue weighted by atomic mass is 16.4. The van der Waals surface area contributed by atoms with Gasteiger partial charge in [0.1, 0.15) is 0 Å². The van der Waals surface area contributed by atoms with Crippen LogP contribution in [-0.4, -0.2) is 21.0 Å². The summed E-state index contributed by atoms with van der Waals surface area (Å²) in [6.07, 6.45) is 1.33. The maximum absolute atomic E-state index is 10.9. The molecule has 0 fully saturated rings. The van der Waals surface area contributed by atoms with Crippen molar-refractivity contribution in [3.05, 3.63) is 46.3 Å². The number of benzene rings is 1. The number of aryl methyl sites for hydroxylation is 4. The van der Waals surface area contributed by atoms with Gasteiger partial charge >= 0.3 is 5.97 Å². The Balaban J connectivity index is 2.36. The van der Waals surface area contributed by atoms with Crippen LogP contribution in [0, 0.1) is 27.7 Å². The van der Waals surface area contributed by atoms with Crippen LogP contribution in [0.4, 0.5) is 11.6 Å². The Hall–Kier alpha value is -2.43. The van der Waals surface area contributed by atoms with Gasteiger partial charge in [-0.15, -0.1) is 0 Å². The molecule has 0 spiro atoms. The number of aromatic nitrogens is 2. The van der Waals surface area contributed by atoms with Gasteiger partial charge in [0.15, 0.2) is 0 Å². The molecule has 1 aromatic heterocycles. The Morgan fingerprint density at radius 3 is 2.25 bits per heavy atom. The lowest BCUT2D eigenvalue weighted by atomic mass is 10.1. The minimum absolute atomic E-state index is 0.118. The normalized spacial score (nSPS) is 10.4. The van der Waals surface area contributed by atoms with Gasteiger partial charge in [-0.25, -0.2) is 14.8 Å². The molecular formula is C15H17N3O2. The fourth-order valence-corrected chi connectivity index (χ4v) is 2.23. The molecule has 1 heterocycles. The van der Waals surface area contributed by atoms with E-state index in [-0.39, 0.29) is 5.56 Å². The molecule has 2 aromatic rings. The summed E-state index contributed by atoms with van der Waals surface area (Å²) in [7, 11) is 0. The molecule has 20 heavy (non-hydrogen) atoms. The second-order valence-corrected chi connectivity index (χ2v) is 4.90. The zero-order valence-corrected chi connectivity index (χ0v) is 12.0. The van der Waals surface area contributed by atoms with Crippen molar-refractivity contribution in [2.75, 3.05) is 5.32 Å². The number of hydrogen-bond acceptors (Lipinski definition) is 4. The lowest BCUT2D eigenvalue weighted by molar-refractivity contribution is 0.0695. The topological polar surface area (TPSA) is 75.1 Å². The van der Waals surface area contributed by atoms with Crippen molar-refractivity contribution in [2.24, 2.45) is 0 Å². The maximum atomic E-state index is 10.9. The average molecular weight is 271 g/mol. The highest BCUT2D eigenvalue weighted by molar-refractivity contribution is 5.88. The van der Waals surface area contributed by atoms with E-state index >= 15 is 0 Å². The lowest BCUT2D eigenvalue weighted by Crippen LogP contribution is -2.07. The molecule has 0 radical (unpaired) electrons. The molecule has 5 heteroatoms. The van der Waals surface area contributed by atoms with Crippen LogP contribution in [0.5, 0.6) is 0 Å². The van der Waals surface area contributed by atoms with E-state index in [1.54, 1.807) is 6.92 Å². The van der Waals surface area contributed by atoms with E-state index in [0.29, 0.717) is 11.6 Å². The molecule has 0 atom stereocenters. The smallest absolute Gasteiger partial charge is 0.339 e. The third-order valence-corrected chi connectivity index (χ3v) is 3.12. The van der Waals surface area contributed by atoms with E-state index in [0.717, 1.165) is 16.8 Å². The van der Waals surface area contributed by atoms with Gasteiger partial charge in [-0.05, 0) is 38.8 Å². The number of carbonyl (C=O) groups is 1. The highest BCUT2D eigenvalue weighted by Crippen LogP contribution is 2.24. The van der Waals surface area contributed by atoms with Crippen LogP contribution in [0.3, 0.4) is 0 Å². The van der Waals surface area contributed by atoms with Gasteiger partial charge in [0.2, 0.25) is 5.95 Å². The summed E-state index contributed by atoms with van der Waals surface area (Å²) in [6.45, 7) is 7.73. The second-order valence-electron chi connectivity index (χ2n) is 4.90. The first-order valence-corrected chi connectivity index (χ1v) is 6.30. The molecule has 5 nitrogen and oxygen atoms in total. The molecule has 2 N–H and O–H groups in total. The maximum Gasteiger partial charge on any atom is 0.339 e. The number of nitrogens with zero attached hydrogens (tertiary/aromatic N) is 2. The first kappa shape index (κ1) is 14.0. The van der Waals surface area contributed by atoms with E-state index in [4.69, 9.17) is 5.11 Å². The predicted octanol–water partition coefficient (Wildman–Crippen LogP) is 3.15. The van der Waals surface area contributed by atoms with Crippen molar-refractivity contribution in [2.45, 2.75) is 27.7 Å². The zero-order chi connectivity index (χ0) is 14.9. The van der Waals surface area contributed by atoms with E-state index in [1.165, 1.54) is 11.8 Å². The number of hydrogen-bond donors (Lipinski definition) is 2. The fraction of sp³-hybridized carbons (Fsp3) is 0.267. The molecule has 2 rings (SSSR count). The lowest BCUT2D eigenvalue weighted by Gasteiger charge is -2.13. The van der Waals surface area contributed by atoms with Crippen LogP contribution >= 0.6 is 0 Å². The van der Waals surface area contributed by atoms with Crippen molar-refractivity contribution < 1.29 is 9.90 Å². The van der Waals surface area contributed by atoms with E-state index < -0.39 is 5.97 Å². The van der Waals surface area contributed by atoms with Crippen LogP contribution in [0.15, 0.2) is 18.3 Å². The summed E-state index contributed by atoms with van der Waals surface area (Å²) in [5.74, 6) is -0.612. The third kappa shape index (κ3) is 2.77. The standard InChI is InChI=1S/C15H17N3O2/c1-8-5-9(2)13(10(3)6-8)18-15-16-7-12(14(19)20)11(4)17-15/h5-7H,1-4H3,(H,19,20)(H,16,17,18). The second kappa shape index (κ2) is 5.28. The van der Waals surface area contributed by atoms with Crippen LogP contribution in [0.1, 0.15) is 32.7 Å². The highest BCUT2D eigenvalue weighted by Gasteiger charge is 2.11. The van der Waals surface area contributed by atoms with Crippen LogP contribution in [0.25, 0.3) is 0 Å². The molecule has 104 valence electrons.